The smallest absolute Gasteiger partial charge is 0.254 e. The predicted molar refractivity (Wildman–Crippen MR) is 98.8 cm³/mol. The average Bonchev–Trinajstić information content (AvgIpc) is 2.88. The molecule has 2 aromatic carbocycles. The fourth-order valence-electron chi connectivity index (χ4n) is 3.19. The highest BCUT2D eigenvalue weighted by molar-refractivity contribution is 5.96. The number of hydrogen-bond acceptors (Lipinski definition) is 2. The van der Waals surface area contributed by atoms with Crippen molar-refractivity contribution >= 4 is 11.8 Å². The molecule has 1 fully saturated rings. The van der Waals surface area contributed by atoms with Crippen LogP contribution in [0.5, 0.6) is 0 Å². The van der Waals surface area contributed by atoms with Gasteiger partial charge in [0.2, 0.25) is 0 Å². The van der Waals surface area contributed by atoms with Gasteiger partial charge in [-0.15, -0.1) is 0 Å². The van der Waals surface area contributed by atoms with Gasteiger partial charge in [0.05, 0.1) is 0 Å². The maximum atomic E-state index is 12.8. The third kappa shape index (κ3) is 3.90. The van der Waals surface area contributed by atoms with Gasteiger partial charge in [0, 0.05) is 37.3 Å². The van der Waals surface area contributed by atoms with Gasteiger partial charge in [-0.25, -0.2) is 0 Å². The summed E-state index contributed by atoms with van der Waals surface area (Å²) in [5.41, 5.74) is 3.59. The van der Waals surface area contributed by atoms with Crippen LogP contribution in [0.4, 0.5) is 0 Å². The minimum Gasteiger partial charge on any atom is -0.337 e. The first-order chi connectivity index (χ1) is 12.1. The summed E-state index contributed by atoms with van der Waals surface area (Å²) in [5.74, 6) is 0.105. The van der Waals surface area contributed by atoms with Crippen LogP contribution in [-0.2, 0) is 0 Å². The molecule has 0 bridgehead atoms. The Morgan fingerprint density at radius 2 is 1.36 bits per heavy atom. The molecular formula is C21H24N2O2. The van der Waals surface area contributed by atoms with Gasteiger partial charge in [-0.2, -0.15) is 0 Å². The van der Waals surface area contributed by atoms with Crippen LogP contribution in [0.25, 0.3) is 0 Å². The zero-order valence-electron chi connectivity index (χ0n) is 14.9. The second-order valence-corrected chi connectivity index (χ2v) is 6.62. The number of carbonyl (C=O) groups is 2. The number of hydrogen-bond donors (Lipinski definition) is 0. The van der Waals surface area contributed by atoms with Crippen LogP contribution < -0.4 is 0 Å². The van der Waals surface area contributed by atoms with E-state index in [1.54, 1.807) is 0 Å². The molecule has 2 amide bonds. The van der Waals surface area contributed by atoms with Crippen molar-refractivity contribution in [2.24, 2.45) is 0 Å². The van der Waals surface area contributed by atoms with E-state index in [4.69, 9.17) is 0 Å². The highest BCUT2D eigenvalue weighted by atomic mass is 16.2. The van der Waals surface area contributed by atoms with E-state index in [0.29, 0.717) is 31.7 Å². The molecule has 4 nitrogen and oxygen atoms in total. The first-order valence-electron chi connectivity index (χ1n) is 8.77. The largest absolute Gasteiger partial charge is 0.337 e. The summed E-state index contributed by atoms with van der Waals surface area (Å²) in [4.78, 5) is 29.2. The maximum Gasteiger partial charge on any atom is 0.254 e. The molecule has 1 heterocycles. The highest BCUT2D eigenvalue weighted by Crippen LogP contribution is 2.15. The summed E-state index contributed by atoms with van der Waals surface area (Å²) in [5, 5.41) is 0. The second kappa shape index (κ2) is 7.51. The van der Waals surface area contributed by atoms with E-state index in [-0.39, 0.29) is 11.8 Å². The van der Waals surface area contributed by atoms with Crippen LogP contribution in [-0.4, -0.2) is 47.8 Å². The van der Waals surface area contributed by atoms with E-state index in [1.165, 1.54) is 0 Å². The van der Waals surface area contributed by atoms with E-state index in [0.717, 1.165) is 23.1 Å². The zero-order chi connectivity index (χ0) is 17.8. The topological polar surface area (TPSA) is 40.6 Å². The summed E-state index contributed by atoms with van der Waals surface area (Å²) >= 11 is 0. The Morgan fingerprint density at radius 3 is 2.00 bits per heavy atom. The molecule has 2 aromatic rings. The molecule has 0 radical (unpaired) electrons. The first kappa shape index (κ1) is 17.2. The molecule has 130 valence electrons. The molecular weight excluding hydrogens is 312 g/mol. The number of carbonyl (C=O) groups excluding carboxylic acids is 2. The maximum absolute atomic E-state index is 12.8. The summed E-state index contributed by atoms with van der Waals surface area (Å²) in [6.45, 7) is 6.48. The Labute approximate surface area is 149 Å². The Hall–Kier alpha value is -2.62. The van der Waals surface area contributed by atoms with Crippen LogP contribution in [0.2, 0.25) is 0 Å². The van der Waals surface area contributed by atoms with Crippen molar-refractivity contribution in [1.29, 1.82) is 0 Å². The van der Waals surface area contributed by atoms with Gasteiger partial charge in [-0.3, -0.25) is 9.59 Å². The van der Waals surface area contributed by atoms with Gasteiger partial charge >= 0.3 is 0 Å². The molecule has 0 saturated carbocycles. The van der Waals surface area contributed by atoms with Crippen molar-refractivity contribution in [3.8, 4) is 0 Å². The lowest BCUT2D eigenvalue weighted by Crippen LogP contribution is -2.37. The van der Waals surface area contributed by atoms with Crippen molar-refractivity contribution in [3.63, 3.8) is 0 Å². The molecule has 0 unspecified atom stereocenters. The molecule has 25 heavy (non-hydrogen) atoms. The van der Waals surface area contributed by atoms with E-state index >= 15 is 0 Å². The lowest BCUT2D eigenvalue weighted by Gasteiger charge is -2.23. The molecule has 0 atom stereocenters. The lowest BCUT2D eigenvalue weighted by molar-refractivity contribution is 0.0718. The standard InChI is InChI=1S/C21H24N2O2/c1-16-8-10-18(11-9-16)20(24)22-12-5-13-23(15-14-22)21(25)19-7-4-3-6-17(19)2/h3-4,6-11H,5,12-15H2,1-2H3. The molecule has 0 spiro atoms. The Morgan fingerprint density at radius 1 is 0.760 bits per heavy atom. The molecule has 0 aromatic heterocycles. The summed E-state index contributed by atoms with van der Waals surface area (Å²) in [6, 6.07) is 15.3. The number of aryl methyl sites for hydroxylation is 2. The van der Waals surface area contributed by atoms with Gasteiger partial charge in [0.1, 0.15) is 0 Å². The van der Waals surface area contributed by atoms with Crippen molar-refractivity contribution < 1.29 is 9.59 Å². The molecule has 1 aliphatic rings. The number of nitrogens with zero attached hydrogens (tertiary/aromatic N) is 2. The quantitative estimate of drug-likeness (QED) is 0.844. The summed E-state index contributed by atoms with van der Waals surface area (Å²) in [6.07, 6.45) is 0.801. The SMILES string of the molecule is Cc1ccc(C(=O)N2CCCN(C(=O)c3ccccc3C)CC2)cc1. The normalized spacial score (nSPS) is 15.0. The Kier molecular flexibility index (Phi) is 5.17. The average molecular weight is 336 g/mol. The minimum absolute atomic E-state index is 0.0465. The van der Waals surface area contributed by atoms with E-state index in [2.05, 4.69) is 0 Å². The second-order valence-electron chi connectivity index (χ2n) is 6.62. The lowest BCUT2D eigenvalue weighted by atomic mass is 10.1. The number of rotatable bonds is 2. The number of benzene rings is 2. The van der Waals surface area contributed by atoms with Crippen LogP contribution >= 0.6 is 0 Å². The molecule has 1 saturated heterocycles. The van der Waals surface area contributed by atoms with Crippen LogP contribution in [0.15, 0.2) is 48.5 Å². The van der Waals surface area contributed by atoms with Crippen LogP contribution in [0, 0.1) is 13.8 Å². The summed E-state index contributed by atoms with van der Waals surface area (Å²) in [7, 11) is 0. The fourth-order valence-corrected chi connectivity index (χ4v) is 3.19. The van der Waals surface area contributed by atoms with Crippen molar-refractivity contribution in [3.05, 3.63) is 70.8 Å². The van der Waals surface area contributed by atoms with Crippen molar-refractivity contribution in [2.75, 3.05) is 26.2 Å². The third-order valence-electron chi connectivity index (χ3n) is 4.74. The van der Waals surface area contributed by atoms with E-state index < -0.39 is 0 Å². The van der Waals surface area contributed by atoms with Gasteiger partial charge < -0.3 is 9.80 Å². The highest BCUT2D eigenvalue weighted by Gasteiger charge is 2.24. The van der Waals surface area contributed by atoms with Gasteiger partial charge in [0.25, 0.3) is 11.8 Å². The molecule has 4 heteroatoms. The Bertz CT molecular complexity index is 768. The minimum atomic E-state index is 0.0465. The first-order valence-corrected chi connectivity index (χ1v) is 8.77. The molecule has 0 aliphatic carbocycles. The van der Waals surface area contributed by atoms with Gasteiger partial charge in [0.15, 0.2) is 0 Å². The Balaban J connectivity index is 1.68. The fraction of sp³-hybridized carbons (Fsp3) is 0.333. The van der Waals surface area contributed by atoms with Crippen molar-refractivity contribution in [1.82, 2.24) is 9.80 Å². The van der Waals surface area contributed by atoms with Crippen molar-refractivity contribution in [2.45, 2.75) is 20.3 Å². The monoisotopic (exact) mass is 336 g/mol. The third-order valence-corrected chi connectivity index (χ3v) is 4.74. The van der Waals surface area contributed by atoms with Gasteiger partial charge in [-0.1, -0.05) is 35.9 Å². The molecule has 1 aliphatic heterocycles. The van der Waals surface area contributed by atoms with E-state index in [9.17, 15) is 9.59 Å². The van der Waals surface area contributed by atoms with Gasteiger partial charge in [-0.05, 0) is 44.0 Å². The van der Waals surface area contributed by atoms with Crippen LogP contribution in [0.1, 0.15) is 38.3 Å². The molecule has 3 rings (SSSR count). The summed E-state index contributed by atoms with van der Waals surface area (Å²) < 4.78 is 0. The molecule has 0 N–H and O–H groups in total. The number of amides is 2. The van der Waals surface area contributed by atoms with Crippen LogP contribution in [0.3, 0.4) is 0 Å². The zero-order valence-corrected chi connectivity index (χ0v) is 14.9. The van der Waals surface area contributed by atoms with E-state index in [1.807, 2.05) is 72.2 Å². The predicted octanol–water partition coefficient (Wildman–Crippen LogP) is 3.29.